The van der Waals surface area contributed by atoms with Crippen LogP contribution in [-0.2, 0) is 0 Å². The maximum absolute atomic E-state index is 13.0. The van der Waals surface area contributed by atoms with Gasteiger partial charge < -0.3 is 10.6 Å². The number of hydrogen-bond donors (Lipinski definition) is 2. The number of benzene rings is 1. The number of carbonyl (C=O) groups is 1. The zero-order chi connectivity index (χ0) is 14.5. The summed E-state index contributed by atoms with van der Waals surface area (Å²) in [5, 5.41) is 16.7. The van der Waals surface area contributed by atoms with E-state index in [9.17, 15) is 19.3 Å². The molecule has 21 heavy (non-hydrogen) atoms. The van der Waals surface area contributed by atoms with E-state index >= 15 is 0 Å². The highest BCUT2D eigenvalue weighted by atomic mass is 35.5. The lowest BCUT2D eigenvalue weighted by atomic mass is 9.99. The molecule has 2 rings (SSSR count). The number of rotatable bonds is 4. The number of nitro groups is 1. The molecule has 1 aromatic rings. The van der Waals surface area contributed by atoms with E-state index in [4.69, 9.17) is 0 Å². The second-order valence-electron chi connectivity index (χ2n) is 4.84. The van der Waals surface area contributed by atoms with Crippen molar-refractivity contribution in [2.75, 3.05) is 19.6 Å². The summed E-state index contributed by atoms with van der Waals surface area (Å²) in [6, 6.07) is 2.95. The van der Waals surface area contributed by atoms with Gasteiger partial charge in [-0.3, -0.25) is 14.9 Å². The van der Waals surface area contributed by atoms with Gasteiger partial charge in [0.1, 0.15) is 11.4 Å². The van der Waals surface area contributed by atoms with Gasteiger partial charge in [0, 0.05) is 6.54 Å². The third-order valence-corrected chi connectivity index (χ3v) is 3.35. The molecule has 1 aromatic carbocycles. The molecule has 1 heterocycles. The summed E-state index contributed by atoms with van der Waals surface area (Å²) < 4.78 is 13.0. The Morgan fingerprint density at radius 2 is 2.29 bits per heavy atom. The van der Waals surface area contributed by atoms with E-state index in [-0.39, 0.29) is 18.0 Å². The quantitative estimate of drug-likeness (QED) is 0.656. The topological polar surface area (TPSA) is 84.3 Å². The molecule has 6 nitrogen and oxygen atoms in total. The van der Waals surface area contributed by atoms with Gasteiger partial charge in [-0.2, -0.15) is 0 Å². The van der Waals surface area contributed by atoms with E-state index in [0.29, 0.717) is 12.5 Å². The minimum Gasteiger partial charge on any atom is -0.351 e. The molecule has 1 aliphatic heterocycles. The van der Waals surface area contributed by atoms with Crippen molar-refractivity contribution in [1.29, 1.82) is 0 Å². The van der Waals surface area contributed by atoms with Gasteiger partial charge in [-0.1, -0.05) is 0 Å². The summed E-state index contributed by atoms with van der Waals surface area (Å²) in [4.78, 5) is 22.0. The highest BCUT2D eigenvalue weighted by Gasteiger charge is 2.22. The van der Waals surface area contributed by atoms with Crippen molar-refractivity contribution in [1.82, 2.24) is 10.6 Å². The molecular formula is C13H17ClFN3O3. The van der Waals surface area contributed by atoms with Gasteiger partial charge in [0.15, 0.2) is 0 Å². The fourth-order valence-electron chi connectivity index (χ4n) is 2.28. The van der Waals surface area contributed by atoms with Crippen LogP contribution in [-0.4, -0.2) is 30.5 Å². The molecule has 1 saturated heterocycles. The molecule has 1 unspecified atom stereocenters. The Hall–Kier alpha value is -1.73. The van der Waals surface area contributed by atoms with Crippen LogP contribution >= 0.6 is 12.4 Å². The molecule has 0 aliphatic carbocycles. The van der Waals surface area contributed by atoms with E-state index in [1.54, 1.807) is 0 Å². The molecule has 1 atom stereocenters. The maximum atomic E-state index is 13.0. The van der Waals surface area contributed by atoms with Crippen LogP contribution in [0.4, 0.5) is 10.1 Å². The monoisotopic (exact) mass is 317 g/mol. The fraction of sp³-hybridized carbons (Fsp3) is 0.462. The summed E-state index contributed by atoms with van der Waals surface area (Å²) in [6.07, 6.45) is 2.07. The van der Waals surface area contributed by atoms with Gasteiger partial charge in [0.05, 0.1) is 11.0 Å². The molecule has 0 radical (unpaired) electrons. The van der Waals surface area contributed by atoms with Crippen LogP contribution < -0.4 is 10.6 Å². The Balaban J connectivity index is 0.00000220. The number of amides is 1. The molecule has 1 aliphatic rings. The van der Waals surface area contributed by atoms with E-state index in [1.807, 2.05) is 0 Å². The lowest BCUT2D eigenvalue weighted by Gasteiger charge is -2.22. The van der Waals surface area contributed by atoms with Gasteiger partial charge in [-0.15, -0.1) is 12.4 Å². The molecule has 0 aromatic heterocycles. The second kappa shape index (κ2) is 7.90. The predicted molar refractivity (Wildman–Crippen MR) is 78.2 cm³/mol. The minimum absolute atomic E-state index is 0. The number of nitro benzene ring substituents is 1. The number of carbonyl (C=O) groups excluding carboxylic acids is 1. The normalized spacial score (nSPS) is 17.7. The summed E-state index contributed by atoms with van der Waals surface area (Å²) in [6.45, 7) is 2.26. The first kappa shape index (κ1) is 17.3. The van der Waals surface area contributed by atoms with E-state index in [2.05, 4.69) is 10.6 Å². The average Bonchev–Trinajstić information content (AvgIpc) is 2.45. The lowest BCUT2D eigenvalue weighted by molar-refractivity contribution is -0.385. The van der Waals surface area contributed by atoms with Crippen molar-refractivity contribution in [2.24, 2.45) is 5.92 Å². The van der Waals surface area contributed by atoms with Crippen LogP contribution in [0.5, 0.6) is 0 Å². The van der Waals surface area contributed by atoms with Crippen molar-refractivity contribution in [3.05, 3.63) is 39.7 Å². The summed E-state index contributed by atoms with van der Waals surface area (Å²) in [5.74, 6) is -0.945. The molecule has 0 spiro atoms. The van der Waals surface area contributed by atoms with Crippen molar-refractivity contribution < 1.29 is 14.1 Å². The van der Waals surface area contributed by atoms with Gasteiger partial charge in [-0.05, 0) is 44.0 Å². The van der Waals surface area contributed by atoms with E-state index in [1.165, 1.54) is 0 Å². The Labute approximate surface area is 127 Å². The molecule has 0 bridgehead atoms. The van der Waals surface area contributed by atoms with Crippen LogP contribution in [0.3, 0.4) is 0 Å². The Morgan fingerprint density at radius 1 is 1.52 bits per heavy atom. The maximum Gasteiger partial charge on any atom is 0.285 e. The molecule has 1 fully saturated rings. The molecule has 2 N–H and O–H groups in total. The van der Waals surface area contributed by atoms with Crippen LogP contribution in [0, 0.1) is 21.8 Å². The summed E-state index contributed by atoms with van der Waals surface area (Å²) in [7, 11) is 0. The van der Waals surface area contributed by atoms with Crippen LogP contribution in [0.2, 0.25) is 0 Å². The number of hydrogen-bond acceptors (Lipinski definition) is 4. The fourth-order valence-corrected chi connectivity index (χ4v) is 2.28. The van der Waals surface area contributed by atoms with Crippen LogP contribution in [0.15, 0.2) is 18.2 Å². The predicted octanol–water partition coefficient (Wildman–Crippen LogP) is 1.89. The Kier molecular flexibility index (Phi) is 6.51. The molecule has 116 valence electrons. The Bertz CT molecular complexity index is 521. The molecular weight excluding hydrogens is 301 g/mol. The van der Waals surface area contributed by atoms with Gasteiger partial charge in [0.25, 0.3) is 11.6 Å². The first-order chi connectivity index (χ1) is 9.58. The zero-order valence-electron chi connectivity index (χ0n) is 11.3. The highest BCUT2D eigenvalue weighted by Crippen LogP contribution is 2.19. The minimum atomic E-state index is -0.750. The summed E-state index contributed by atoms with van der Waals surface area (Å²) in [5.41, 5.74) is -0.621. The molecule has 0 saturated carbocycles. The average molecular weight is 318 g/mol. The highest BCUT2D eigenvalue weighted by molar-refractivity contribution is 5.98. The van der Waals surface area contributed by atoms with Crippen LogP contribution in [0.1, 0.15) is 23.2 Å². The van der Waals surface area contributed by atoms with E-state index in [0.717, 1.165) is 44.1 Å². The van der Waals surface area contributed by atoms with E-state index < -0.39 is 22.3 Å². The van der Waals surface area contributed by atoms with Crippen LogP contribution in [0.25, 0.3) is 0 Å². The largest absolute Gasteiger partial charge is 0.351 e. The third kappa shape index (κ3) is 4.64. The molecule has 1 amide bonds. The van der Waals surface area contributed by atoms with Crippen molar-refractivity contribution in [3.8, 4) is 0 Å². The van der Waals surface area contributed by atoms with Crippen molar-refractivity contribution >= 4 is 24.0 Å². The third-order valence-electron chi connectivity index (χ3n) is 3.35. The van der Waals surface area contributed by atoms with Crippen molar-refractivity contribution in [2.45, 2.75) is 12.8 Å². The number of nitrogens with one attached hydrogen (secondary N) is 2. The van der Waals surface area contributed by atoms with Gasteiger partial charge in [0.2, 0.25) is 0 Å². The Morgan fingerprint density at radius 3 is 2.90 bits per heavy atom. The number of piperidine rings is 1. The zero-order valence-corrected chi connectivity index (χ0v) is 12.1. The molecule has 8 heteroatoms. The number of nitrogens with zero attached hydrogens (tertiary/aromatic N) is 1. The summed E-state index contributed by atoms with van der Waals surface area (Å²) >= 11 is 0. The number of halogens is 2. The SMILES string of the molecule is Cl.O=C(NCC1CCCNC1)c1ccc(F)cc1[N+](=O)[O-]. The second-order valence-corrected chi connectivity index (χ2v) is 4.84. The van der Waals surface area contributed by atoms with Gasteiger partial charge in [-0.25, -0.2) is 4.39 Å². The lowest BCUT2D eigenvalue weighted by Crippen LogP contribution is -2.38. The first-order valence-electron chi connectivity index (χ1n) is 6.51. The van der Waals surface area contributed by atoms with Crippen molar-refractivity contribution in [3.63, 3.8) is 0 Å². The van der Waals surface area contributed by atoms with Gasteiger partial charge >= 0.3 is 0 Å². The standard InChI is InChI=1S/C13H16FN3O3.ClH/c14-10-3-4-11(12(6-10)17(19)20)13(18)16-8-9-2-1-5-15-7-9;/h3-4,6,9,15H,1-2,5,7-8H2,(H,16,18);1H. The first-order valence-corrected chi connectivity index (χ1v) is 6.51. The smallest absolute Gasteiger partial charge is 0.285 e.